The summed E-state index contributed by atoms with van der Waals surface area (Å²) in [6, 6.07) is 11.0. The molecule has 0 aliphatic rings. The average molecular weight is 416 g/mol. The van der Waals surface area contributed by atoms with Crippen molar-refractivity contribution in [3.63, 3.8) is 0 Å². The van der Waals surface area contributed by atoms with E-state index in [0.29, 0.717) is 23.7 Å². The summed E-state index contributed by atoms with van der Waals surface area (Å²) in [5, 5.41) is 9.25. The molecular weight excluding hydrogens is 388 g/mol. The van der Waals surface area contributed by atoms with E-state index in [0.717, 1.165) is 25.7 Å². The quantitative estimate of drug-likeness (QED) is 0.298. The molecule has 2 aromatic carbocycles. The minimum Gasteiger partial charge on any atom is -0.493 e. The fourth-order valence-electron chi connectivity index (χ4n) is 2.80. The Morgan fingerprint density at radius 2 is 1.70 bits per heavy atom. The highest BCUT2D eigenvalue weighted by molar-refractivity contribution is 5.91. The minimum atomic E-state index is -1.09. The SMILES string of the molecule is CCCCCCOC(=O)c1ccc(OC(C)Oc2ccccc2C(=O)O)c(OC)c1. The summed E-state index contributed by atoms with van der Waals surface area (Å²) < 4.78 is 22.0. The van der Waals surface area contributed by atoms with Crippen LogP contribution in [0.4, 0.5) is 0 Å². The van der Waals surface area contributed by atoms with E-state index in [9.17, 15) is 14.7 Å². The number of aromatic carboxylic acids is 1. The van der Waals surface area contributed by atoms with Crippen LogP contribution in [0, 0.1) is 0 Å². The van der Waals surface area contributed by atoms with E-state index in [1.54, 1.807) is 43.3 Å². The van der Waals surface area contributed by atoms with Gasteiger partial charge in [0.1, 0.15) is 11.3 Å². The number of hydrogen-bond donors (Lipinski definition) is 1. The summed E-state index contributed by atoms with van der Waals surface area (Å²) in [5.74, 6) is -0.613. The summed E-state index contributed by atoms with van der Waals surface area (Å²) in [6.45, 7) is 4.14. The molecule has 0 spiro atoms. The molecule has 0 radical (unpaired) electrons. The topological polar surface area (TPSA) is 91.3 Å². The van der Waals surface area contributed by atoms with Crippen LogP contribution in [0.5, 0.6) is 17.2 Å². The van der Waals surface area contributed by atoms with Gasteiger partial charge in [0.2, 0.25) is 6.29 Å². The number of carboxylic acid groups (broad SMARTS) is 1. The summed E-state index contributed by atoms with van der Waals surface area (Å²) in [4.78, 5) is 23.5. The standard InChI is InChI=1S/C23H28O7/c1-4-5-6-9-14-28-23(26)17-12-13-20(21(15-17)27-3)30-16(2)29-19-11-8-7-10-18(19)22(24)25/h7-8,10-13,15-16H,4-6,9,14H2,1-3H3,(H,24,25). The van der Waals surface area contributed by atoms with Crippen LogP contribution in [0.1, 0.15) is 60.2 Å². The minimum absolute atomic E-state index is 0.0388. The van der Waals surface area contributed by atoms with Crippen LogP contribution in [0.3, 0.4) is 0 Å². The molecule has 1 atom stereocenters. The van der Waals surface area contributed by atoms with Crippen molar-refractivity contribution >= 4 is 11.9 Å². The number of unbranched alkanes of at least 4 members (excludes halogenated alkanes) is 3. The lowest BCUT2D eigenvalue weighted by molar-refractivity contribution is 0.0190. The maximum atomic E-state index is 12.2. The van der Waals surface area contributed by atoms with Gasteiger partial charge in [-0.2, -0.15) is 0 Å². The Morgan fingerprint density at radius 1 is 0.967 bits per heavy atom. The van der Waals surface area contributed by atoms with Crippen molar-refractivity contribution in [2.24, 2.45) is 0 Å². The third-order valence-corrected chi connectivity index (χ3v) is 4.33. The predicted octanol–water partition coefficient (Wildman–Crippen LogP) is 4.93. The van der Waals surface area contributed by atoms with Gasteiger partial charge in [-0.1, -0.05) is 38.3 Å². The zero-order chi connectivity index (χ0) is 21.9. The van der Waals surface area contributed by atoms with Gasteiger partial charge in [-0.15, -0.1) is 0 Å². The van der Waals surface area contributed by atoms with Gasteiger partial charge >= 0.3 is 11.9 Å². The van der Waals surface area contributed by atoms with Gasteiger partial charge in [-0.05, 0) is 36.8 Å². The molecule has 1 unspecified atom stereocenters. The highest BCUT2D eigenvalue weighted by Crippen LogP contribution is 2.30. The van der Waals surface area contributed by atoms with Crippen molar-refractivity contribution in [3.8, 4) is 17.2 Å². The van der Waals surface area contributed by atoms with Crippen molar-refractivity contribution in [1.82, 2.24) is 0 Å². The first kappa shape index (κ1) is 23.1. The fraction of sp³-hybridized carbons (Fsp3) is 0.391. The van der Waals surface area contributed by atoms with Crippen LogP contribution < -0.4 is 14.2 Å². The monoisotopic (exact) mass is 416 g/mol. The van der Waals surface area contributed by atoms with Crippen molar-refractivity contribution < 1.29 is 33.6 Å². The summed E-state index contributed by atoms with van der Waals surface area (Å²) in [5.41, 5.74) is 0.399. The Balaban J connectivity index is 2.01. The Kier molecular flexibility index (Phi) is 9.00. The van der Waals surface area contributed by atoms with E-state index in [4.69, 9.17) is 18.9 Å². The number of rotatable bonds is 12. The predicted molar refractivity (Wildman–Crippen MR) is 112 cm³/mol. The highest BCUT2D eigenvalue weighted by Gasteiger charge is 2.17. The smallest absolute Gasteiger partial charge is 0.339 e. The van der Waals surface area contributed by atoms with Crippen LogP contribution in [-0.4, -0.2) is 37.1 Å². The van der Waals surface area contributed by atoms with Crippen molar-refractivity contribution in [3.05, 3.63) is 53.6 Å². The zero-order valence-corrected chi connectivity index (χ0v) is 17.6. The molecule has 0 aromatic heterocycles. The molecule has 2 rings (SSSR count). The Labute approximate surface area is 176 Å². The first-order valence-electron chi connectivity index (χ1n) is 9.97. The number of carbonyl (C=O) groups excluding carboxylic acids is 1. The molecule has 0 amide bonds. The normalized spacial score (nSPS) is 11.4. The number of hydrogen-bond acceptors (Lipinski definition) is 6. The molecule has 2 aromatic rings. The second-order valence-electron chi connectivity index (χ2n) is 6.67. The van der Waals surface area contributed by atoms with Crippen LogP contribution in [0.15, 0.2) is 42.5 Å². The van der Waals surface area contributed by atoms with Crippen LogP contribution in [0.25, 0.3) is 0 Å². The molecule has 162 valence electrons. The van der Waals surface area contributed by atoms with Gasteiger partial charge in [0.25, 0.3) is 0 Å². The largest absolute Gasteiger partial charge is 0.493 e. The lowest BCUT2D eigenvalue weighted by Gasteiger charge is -2.19. The number of esters is 1. The molecule has 0 saturated carbocycles. The lowest BCUT2D eigenvalue weighted by atomic mass is 10.2. The van der Waals surface area contributed by atoms with E-state index in [1.165, 1.54) is 13.2 Å². The highest BCUT2D eigenvalue weighted by atomic mass is 16.7. The van der Waals surface area contributed by atoms with Crippen LogP contribution in [-0.2, 0) is 4.74 Å². The Bertz CT molecular complexity index is 847. The Hall–Kier alpha value is -3.22. The second kappa shape index (κ2) is 11.7. The number of carbonyl (C=O) groups is 2. The van der Waals surface area contributed by atoms with E-state index in [-0.39, 0.29) is 11.3 Å². The van der Waals surface area contributed by atoms with Gasteiger partial charge in [0, 0.05) is 6.92 Å². The third kappa shape index (κ3) is 6.69. The molecule has 0 saturated heterocycles. The van der Waals surface area contributed by atoms with Crippen molar-refractivity contribution in [2.45, 2.75) is 45.8 Å². The molecule has 1 N–H and O–H groups in total. The van der Waals surface area contributed by atoms with Crippen LogP contribution >= 0.6 is 0 Å². The third-order valence-electron chi connectivity index (χ3n) is 4.33. The number of benzene rings is 2. The molecule has 7 nitrogen and oxygen atoms in total. The van der Waals surface area contributed by atoms with Crippen molar-refractivity contribution in [1.29, 1.82) is 0 Å². The molecule has 0 aliphatic carbocycles. The molecule has 0 fully saturated rings. The number of carboxylic acids is 1. The summed E-state index contributed by atoms with van der Waals surface area (Å²) in [7, 11) is 1.47. The molecule has 0 heterocycles. The molecule has 0 aliphatic heterocycles. The first-order valence-corrected chi connectivity index (χ1v) is 9.97. The maximum absolute atomic E-state index is 12.2. The lowest BCUT2D eigenvalue weighted by Crippen LogP contribution is -2.21. The Morgan fingerprint density at radius 3 is 2.40 bits per heavy atom. The van der Waals surface area contributed by atoms with E-state index in [1.807, 2.05) is 0 Å². The van der Waals surface area contributed by atoms with Crippen molar-refractivity contribution in [2.75, 3.05) is 13.7 Å². The van der Waals surface area contributed by atoms with Gasteiger partial charge in [-0.3, -0.25) is 0 Å². The van der Waals surface area contributed by atoms with E-state index < -0.39 is 18.2 Å². The van der Waals surface area contributed by atoms with Crippen LogP contribution in [0.2, 0.25) is 0 Å². The first-order chi connectivity index (χ1) is 14.5. The summed E-state index contributed by atoms with van der Waals surface area (Å²) >= 11 is 0. The fourth-order valence-corrected chi connectivity index (χ4v) is 2.80. The van der Waals surface area contributed by atoms with Gasteiger partial charge in [0.15, 0.2) is 11.5 Å². The number of ether oxygens (including phenoxy) is 4. The van der Waals surface area contributed by atoms with Gasteiger partial charge < -0.3 is 24.1 Å². The van der Waals surface area contributed by atoms with Gasteiger partial charge in [-0.25, -0.2) is 9.59 Å². The summed E-state index contributed by atoms with van der Waals surface area (Å²) in [6.07, 6.45) is 3.31. The maximum Gasteiger partial charge on any atom is 0.339 e. The number of methoxy groups -OCH3 is 1. The average Bonchev–Trinajstić information content (AvgIpc) is 2.73. The number of para-hydroxylation sites is 1. The van der Waals surface area contributed by atoms with E-state index >= 15 is 0 Å². The molecule has 30 heavy (non-hydrogen) atoms. The molecule has 7 heteroatoms. The van der Waals surface area contributed by atoms with Gasteiger partial charge in [0.05, 0.1) is 19.3 Å². The molecule has 0 bridgehead atoms. The van der Waals surface area contributed by atoms with E-state index in [2.05, 4.69) is 6.92 Å². The zero-order valence-electron chi connectivity index (χ0n) is 17.6. The molecular formula is C23H28O7. The second-order valence-corrected chi connectivity index (χ2v) is 6.67.